The number of hydrogen-bond acceptors (Lipinski definition) is 3. The van der Waals surface area contributed by atoms with Gasteiger partial charge in [-0.2, -0.15) is 0 Å². The fourth-order valence-corrected chi connectivity index (χ4v) is 1.20. The van der Waals surface area contributed by atoms with Crippen LogP contribution in [0.1, 0.15) is 13.3 Å². The molecule has 1 amide bonds. The second kappa shape index (κ2) is 5.95. The molecule has 0 aliphatic carbocycles. The van der Waals surface area contributed by atoms with Crippen LogP contribution in [0, 0.1) is 5.82 Å². The van der Waals surface area contributed by atoms with E-state index in [2.05, 4.69) is 10.6 Å². The molecule has 0 atom stereocenters. The second-order valence-electron chi connectivity index (χ2n) is 3.44. The zero-order valence-corrected chi connectivity index (χ0v) is 9.22. The minimum absolute atomic E-state index is 0.106. The van der Waals surface area contributed by atoms with Crippen molar-refractivity contribution < 1.29 is 9.18 Å². The van der Waals surface area contributed by atoms with Crippen molar-refractivity contribution in [3.8, 4) is 0 Å². The van der Waals surface area contributed by atoms with E-state index in [-0.39, 0.29) is 12.5 Å². The van der Waals surface area contributed by atoms with Gasteiger partial charge in [-0.25, -0.2) is 4.39 Å². The highest BCUT2D eigenvalue weighted by Gasteiger charge is 2.03. The molecule has 0 heterocycles. The van der Waals surface area contributed by atoms with Crippen molar-refractivity contribution in [2.45, 2.75) is 13.3 Å². The molecule has 1 aromatic carbocycles. The van der Waals surface area contributed by atoms with Crippen LogP contribution < -0.4 is 16.4 Å². The Hall–Kier alpha value is -1.78. The third kappa shape index (κ3) is 3.76. The van der Waals surface area contributed by atoms with Gasteiger partial charge in [-0.3, -0.25) is 4.79 Å². The molecule has 0 aromatic heterocycles. The molecular formula is C11H16FN3O. The molecule has 0 unspecified atom stereocenters. The van der Waals surface area contributed by atoms with Gasteiger partial charge in [-0.15, -0.1) is 0 Å². The van der Waals surface area contributed by atoms with E-state index in [1.807, 2.05) is 6.92 Å². The molecule has 0 bridgehead atoms. The lowest BCUT2D eigenvalue weighted by Gasteiger charge is -2.09. The van der Waals surface area contributed by atoms with Gasteiger partial charge >= 0.3 is 0 Å². The maximum Gasteiger partial charge on any atom is 0.239 e. The lowest BCUT2D eigenvalue weighted by molar-refractivity contribution is -0.119. The van der Waals surface area contributed by atoms with Gasteiger partial charge in [0.1, 0.15) is 5.82 Å². The predicted octanol–water partition coefficient (Wildman–Crippen LogP) is 1.35. The first-order chi connectivity index (χ1) is 7.63. The number of hydrogen-bond donors (Lipinski definition) is 3. The van der Waals surface area contributed by atoms with Crippen LogP contribution in [0.25, 0.3) is 0 Å². The Bertz CT molecular complexity index is 368. The lowest BCUT2D eigenvalue weighted by atomic mass is 10.2. The maximum atomic E-state index is 12.7. The standard InChI is InChI=1S/C11H16FN3O/c1-2-5-14-11(16)7-15-10-4-3-8(12)6-9(10)13/h3-4,6,15H,2,5,7,13H2,1H3,(H,14,16). The molecule has 1 rings (SSSR count). The van der Waals surface area contributed by atoms with Gasteiger partial charge in [-0.05, 0) is 24.6 Å². The monoisotopic (exact) mass is 225 g/mol. The quantitative estimate of drug-likeness (QED) is 0.662. The molecule has 0 saturated heterocycles. The van der Waals surface area contributed by atoms with Gasteiger partial charge in [0.15, 0.2) is 0 Å². The molecule has 4 nitrogen and oxygen atoms in total. The van der Waals surface area contributed by atoms with Crippen molar-refractivity contribution in [2.24, 2.45) is 0 Å². The van der Waals surface area contributed by atoms with Crippen LogP contribution in [-0.4, -0.2) is 19.0 Å². The molecule has 88 valence electrons. The van der Waals surface area contributed by atoms with Crippen LogP contribution in [0.4, 0.5) is 15.8 Å². The Balaban J connectivity index is 2.45. The van der Waals surface area contributed by atoms with Crippen molar-refractivity contribution in [3.05, 3.63) is 24.0 Å². The Labute approximate surface area is 94.0 Å². The first-order valence-corrected chi connectivity index (χ1v) is 5.19. The molecule has 0 aliphatic heterocycles. The maximum absolute atomic E-state index is 12.7. The highest BCUT2D eigenvalue weighted by molar-refractivity contribution is 5.82. The third-order valence-electron chi connectivity index (χ3n) is 2.03. The molecule has 0 fully saturated rings. The molecule has 1 aromatic rings. The van der Waals surface area contributed by atoms with E-state index >= 15 is 0 Å². The highest BCUT2D eigenvalue weighted by Crippen LogP contribution is 2.18. The fourth-order valence-electron chi connectivity index (χ4n) is 1.20. The summed E-state index contributed by atoms with van der Waals surface area (Å²) in [6.07, 6.45) is 0.893. The first kappa shape index (κ1) is 12.3. The van der Waals surface area contributed by atoms with Gasteiger partial charge in [0, 0.05) is 6.54 Å². The summed E-state index contributed by atoms with van der Waals surface area (Å²) in [7, 11) is 0. The van der Waals surface area contributed by atoms with Gasteiger partial charge in [0.25, 0.3) is 0 Å². The van der Waals surface area contributed by atoms with Gasteiger partial charge in [-0.1, -0.05) is 6.92 Å². The zero-order chi connectivity index (χ0) is 12.0. The Kier molecular flexibility index (Phi) is 4.57. The van der Waals surface area contributed by atoms with Gasteiger partial charge in [0.2, 0.25) is 5.91 Å². The van der Waals surface area contributed by atoms with E-state index in [0.717, 1.165) is 6.42 Å². The number of benzene rings is 1. The van der Waals surface area contributed by atoms with E-state index in [9.17, 15) is 9.18 Å². The predicted molar refractivity (Wildman–Crippen MR) is 62.6 cm³/mol. The summed E-state index contributed by atoms with van der Waals surface area (Å²) in [6.45, 7) is 2.76. The largest absolute Gasteiger partial charge is 0.397 e. The Morgan fingerprint density at radius 1 is 1.50 bits per heavy atom. The van der Waals surface area contributed by atoms with E-state index in [4.69, 9.17) is 5.73 Å². The number of amides is 1. The number of halogens is 1. The fraction of sp³-hybridized carbons (Fsp3) is 0.364. The summed E-state index contributed by atoms with van der Waals surface area (Å²) in [6, 6.07) is 4.02. The van der Waals surface area contributed by atoms with Crippen LogP contribution in [0.2, 0.25) is 0 Å². The number of anilines is 2. The van der Waals surface area contributed by atoms with E-state index in [1.165, 1.54) is 18.2 Å². The number of nitrogens with one attached hydrogen (secondary N) is 2. The summed E-state index contributed by atoms with van der Waals surface area (Å²) >= 11 is 0. The zero-order valence-electron chi connectivity index (χ0n) is 9.22. The SMILES string of the molecule is CCCNC(=O)CNc1ccc(F)cc1N. The minimum Gasteiger partial charge on any atom is -0.397 e. The Morgan fingerprint density at radius 2 is 2.25 bits per heavy atom. The van der Waals surface area contributed by atoms with Crippen molar-refractivity contribution in [1.82, 2.24) is 5.32 Å². The van der Waals surface area contributed by atoms with Gasteiger partial charge < -0.3 is 16.4 Å². The van der Waals surface area contributed by atoms with E-state index in [0.29, 0.717) is 17.9 Å². The minimum atomic E-state index is -0.390. The highest BCUT2D eigenvalue weighted by atomic mass is 19.1. The first-order valence-electron chi connectivity index (χ1n) is 5.19. The van der Waals surface area contributed by atoms with E-state index in [1.54, 1.807) is 0 Å². The van der Waals surface area contributed by atoms with Crippen molar-refractivity contribution in [2.75, 3.05) is 24.1 Å². The van der Waals surface area contributed by atoms with Crippen LogP contribution in [0.5, 0.6) is 0 Å². The molecular weight excluding hydrogens is 209 g/mol. The number of carbonyl (C=O) groups excluding carboxylic acids is 1. The second-order valence-corrected chi connectivity index (χ2v) is 3.44. The lowest BCUT2D eigenvalue weighted by Crippen LogP contribution is -2.30. The summed E-state index contributed by atoms with van der Waals surface area (Å²) in [5, 5.41) is 5.56. The normalized spacial score (nSPS) is 9.88. The Morgan fingerprint density at radius 3 is 2.88 bits per heavy atom. The smallest absolute Gasteiger partial charge is 0.239 e. The van der Waals surface area contributed by atoms with Crippen LogP contribution in [0.15, 0.2) is 18.2 Å². The number of nitrogen functional groups attached to an aromatic ring is 1. The van der Waals surface area contributed by atoms with Crippen molar-refractivity contribution in [3.63, 3.8) is 0 Å². The average molecular weight is 225 g/mol. The summed E-state index contributed by atoms with van der Waals surface area (Å²) in [4.78, 5) is 11.3. The number of rotatable bonds is 5. The van der Waals surface area contributed by atoms with E-state index < -0.39 is 5.82 Å². The summed E-state index contributed by atoms with van der Waals surface area (Å²) in [5.74, 6) is -0.496. The summed E-state index contributed by atoms with van der Waals surface area (Å²) < 4.78 is 12.7. The number of carbonyl (C=O) groups is 1. The van der Waals surface area contributed by atoms with Gasteiger partial charge in [0.05, 0.1) is 17.9 Å². The van der Waals surface area contributed by atoms with Crippen LogP contribution in [0.3, 0.4) is 0 Å². The molecule has 0 aliphatic rings. The molecule has 4 N–H and O–H groups in total. The van der Waals surface area contributed by atoms with Crippen molar-refractivity contribution in [1.29, 1.82) is 0 Å². The molecule has 0 saturated carbocycles. The van der Waals surface area contributed by atoms with Crippen molar-refractivity contribution >= 4 is 17.3 Å². The average Bonchev–Trinajstić information content (AvgIpc) is 2.25. The molecule has 5 heteroatoms. The van der Waals surface area contributed by atoms with Crippen LogP contribution >= 0.6 is 0 Å². The summed E-state index contributed by atoms with van der Waals surface area (Å²) in [5.41, 5.74) is 6.43. The number of nitrogens with two attached hydrogens (primary N) is 1. The molecule has 0 radical (unpaired) electrons. The van der Waals surface area contributed by atoms with Crippen LogP contribution in [-0.2, 0) is 4.79 Å². The molecule has 16 heavy (non-hydrogen) atoms. The topological polar surface area (TPSA) is 67.2 Å². The molecule has 0 spiro atoms. The third-order valence-corrected chi connectivity index (χ3v) is 2.03.